The van der Waals surface area contributed by atoms with E-state index in [1.54, 1.807) is 7.05 Å². The van der Waals surface area contributed by atoms with Crippen molar-refractivity contribution in [3.05, 3.63) is 41.7 Å². The van der Waals surface area contributed by atoms with Gasteiger partial charge in [0.05, 0.1) is 12.7 Å². The van der Waals surface area contributed by atoms with Crippen molar-refractivity contribution in [1.29, 1.82) is 0 Å². The van der Waals surface area contributed by atoms with Crippen molar-refractivity contribution < 1.29 is 22.7 Å². The number of hydrogen-bond acceptors (Lipinski definition) is 5. The minimum atomic E-state index is -4.57. The maximum absolute atomic E-state index is 13.1. The van der Waals surface area contributed by atoms with Gasteiger partial charge >= 0.3 is 12.1 Å². The summed E-state index contributed by atoms with van der Waals surface area (Å²) < 4.78 is 45.6. The van der Waals surface area contributed by atoms with Gasteiger partial charge in [0.2, 0.25) is 0 Å². The highest BCUT2D eigenvalue weighted by Crippen LogP contribution is 2.41. The predicted octanol–water partition coefficient (Wildman–Crippen LogP) is 2.84. The maximum atomic E-state index is 13.1. The monoisotopic (exact) mass is 331 g/mol. The Labute approximate surface area is 128 Å². The zero-order valence-electron chi connectivity index (χ0n) is 11.7. The molecular formula is C13H12F3N3O2S. The minimum absolute atomic E-state index is 0.171. The standard InChI is InChI=1S/C13H12F3N3O2S/c1-19-7-17-18-12(19)22-10(11(20)21-2)8-5-3-4-6-9(8)13(14,15)16/h3-7,10H,1-2H3. The van der Waals surface area contributed by atoms with Crippen LogP contribution in [0.15, 0.2) is 35.7 Å². The fourth-order valence-electron chi connectivity index (χ4n) is 1.81. The van der Waals surface area contributed by atoms with E-state index in [0.29, 0.717) is 5.16 Å². The van der Waals surface area contributed by atoms with E-state index in [4.69, 9.17) is 0 Å². The maximum Gasteiger partial charge on any atom is 0.416 e. The first-order valence-corrected chi connectivity index (χ1v) is 6.97. The molecule has 0 N–H and O–H groups in total. The number of aromatic nitrogens is 3. The molecular weight excluding hydrogens is 319 g/mol. The van der Waals surface area contributed by atoms with Crippen molar-refractivity contribution in [3.63, 3.8) is 0 Å². The molecule has 1 aromatic carbocycles. The summed E-state index contributed by atoms with van der Waals surface area (Å²) in [6, 6.07) is 4.90. The average Bonchev–Trinajstić information content (AvgIpc) is 2.88. The number of carbonyl (C=O) groups is 1. The molecule has 0 aliphatic heterocycles. The zero-order valence-corrected chi connectivity index (χ0v) is 12.5. The van der Waals surface area contributed by atoms with Crippen LogP contribution < -0.4 is 0 Å². The van der Waals surface area contributed by atoms with Gasteiger partial charge in [0.25, 0.3) is 0 Å². The minimum Gasteiger partial charge on any atom is -0.468 e. The van der Waals surface area contributed by atoms with Crippen molar-refractivity contribution >= 4 is 17.7 Å². The third-order valence-electron chi connectivity index (χ3n) is 2.86. The molecule has 0 fully saturated rings. The molecule has 1 atom stereocenters. The van der Waals surface area contributed by atoms with Crippen molar-refractivity contribution in [1.82, 2.24) is 14.8 Å². The summed E-state index contributed by atoms with van der Waals surface area (Å²) in [7, 11) is 2.76. The molecule has 0 bridgehead atoms. The van der Waals surface area contributed by atoms with E-state index in [2.05, 4.69) is 14.9 Å². The summed E-state index contributed by atoms with van der Waals surface area (Å²) in [5, 5.41) is 6.54. The van der Waals surface area contributed by atoms with Gasteiger partial charge in [-0.05, 0) is 11.6 Å². The number of alkyl halides is 3. The SMILES string of the molecule is COC(=O)C(Sc1nncn1C)c1ccccc1C(F)(F)F. The van der Waals surface area contributed by atoms with Crippen LogP contribution in [-0.4, -0.2) is 27.8 Å². The summed E-state index contributed by atoms with van der Waals surface area (Å²) in [5.74, 6) is -0.787. The summed E-state index contributed by atoms with van der Waals surface area (Å²) >= 11 is 0.853. The summed E-state index contributed by atoms with van der Waals surface area (Å²) in [6.45, 7) is 0. The largest absolute Gasteiger partial charge is 0.468 e. The number of ether oxygens (including phenoxy) is 1. The van der Waals surface area contributed by atoms with E-state index in [-0.39, 0.29) is 5.56 Å². The molecule has 1 aromatic heterocycles. The van der Waals surface area contributed by atoms with Crippen LogP contribution in [0.2, 0.25) is 0 Å². The van der Waals surface area contributed by atoms with E-state index >= 15 is 0 Å². The number of nitrogens with zero attached hydrogens (tertiary/aromatic N) is 3. The number of hydrogen-bond donors (Lipinski definition) is 0. The lowest BCUT2D eigenvalue weighted by atomic mass is 10.0. The second-order valence-corrected chi connectivity index (χ2v) is 5.40. The molecule has 0 spiro atoms. The van der Waals surface area contributed by atoms with Gasteiger partial charge in [-0.15, -0.1) is 10.2 Å². The molecule has 2 aromatic rings. The molecule has 5 nitrogen and oxygen atoms in total. The normalized spacial score (nSPS) is 13.0. The second-order valence-electron chi connectivity index (χ2n) is 4.33. The first kappa shape index (κ1) is 16.3. The smallest absolute Gasteiger partial charge is 0.416 e. The van der Waals surface area contributed by atoms with E-state index in [1.807, 2.05) is 0 Å². The lowest BCUT2D eigenvalue weighted by Crippen LogP contribution is -2.17. The molecule has 0 radical (unpaired) electrons. The van der Waals surface area contributed by atoms with E-state index < -0.39 is 23.0 Å². The molecule has 0 aliphatic rings. The Balaban J connectivity index is 2.47. The quantitative estimate of drug-likeness (QED) is 0.637. The lowest BCUT2D eigenvalue weighted by Gasteiger charge is -2.19. The fourth-order valence-corrected chi connectivity index (χ4v) is 2.86. The fraction of sp³-hybridized carbons (Fsp3) is 0.308. The lowest BCUT2D eigenvalue weighted by molar-refractivity contribution is -0.141. The van der Waals surface area contributed by atoms with E-state index in [1.165, 1.54) is 29.1 Å². The molecule has 1 heterocycles. The highest BCUT2D eigenvalue weighted by atomic mass is 32.2. The number of aryl methyl sites for hydroxylation is 1. The van der Waals surface area contributed by atoms with Crippen LogP contribution in [0.1, 0.15) is 16.4 Å². The van der Waals surface area contributed by atoms with Crippen LogP contribution in [0.3, 0.4) is 0 Å². The Kier molecular flexibility index (Phi) is 4.74. The Morgan fingerprint density at radius 1 is 1.36 bits per heavy atom. The van der Waals surface area contributed by atoms with Gasteiger partial charge in [0.1, 0.15) is 11.6 Å². The van der Waals surface area contributed by atoms with Gasteiger partial charge < -0.3 is 9.30 Å². The van der Waals surface area contributed by atoms with E-state index in [0.717, 1.165) is 24.9 Å². The molecule has 0 amide bonds. The van der Waals surface area contributed by atoms with Gasteiger partial charge in [-0.3, -0.25) is 4.79 Å². The first-order chi connectivity index (χ1) is 10.3. The van der Waals surface area contributed by atoms with Gasteiger partial charge in [-0.25, -0.2) is 0 Å². The Hall–Kier alpha value is -2.03. The van der Waals surface area contributed by atoms with Gasteiger partial charge in [0.15, 0.2) is 5.16 Å². The molecule has 118 valence electrons. The van der Waals surface area contributed by atoms with Crippen LogP contribution in [0.5, 0.6) is 0 Å². The zero-order chi connectivity index (χ0) is 16.3. The highest BCUT2D eigenvalue weighted by Gasteiger charge is 2.38. The molecule has 2 rings (SSSR count). The topological polar surface area (TPSA) is 57.0 Å². The van der Waals surface area contributed by atoms with Crippen molar-refractivity contribution in [2.75, 3.05) is 7.11 Å². The predicted molar refractivity (Wildman–Crippen MR) is 73.1 cm³/mol. The Morgan fingerprint density at radius 2 is 2.05 bits per heavy atom. The summed E-state index contributed by atoms with van der Waals surface area (Å²) in [6.07, 6.45) is -3.17. The average molecular weight is 331 g/mol. The molecule has 9 heteroatoms. The molecule has 0 aliphatic carbocycles. The number of rotatable bonds is 4. The number of carbonyl (C=O) groups excluding carboxylic acids is 1. The molecule has 0 saturated heterocycles. The first-order valence-electron chi connectivity index (χ1n) is 6.09. The van der Waals surface area contributed by atoms with Gasteiger partial charge in [-0.2, -0.15) is 13.2 Å². The Morgan fingerprint density at radius 3 is 2.59 bits per heavy atom. The number of benzene rings is 1. The molecule has 1 unspecified atom stereocenters. The summed E-state index contributed by atoms with van der Waals surface area (Å²) in [5.41, 5.74) is -1.05. The van der Waals surface area contributed by atoms with E-state index in [9.17, 15) is 18.0 Å². The van der Waals surface area contributed by atoms with Crippen molar-refractivity contribution in [2.45, 2.75) is 16.6 Å². The van der Waals surface area contributed by atoms with Crippen molar-refractivity contribution in [2.24, 2.45) is 7.05 Å². The van der Waals surface area contributed by atoms with Crippen LogP contribution in [-0.2, 0) is 22.8 Å². The van der Waals surface area contributed by atoms with Crippen molar-refractivity contribution in [3.8, 4) is 0 Å². The molecule has 0 saturated carbocycles. The summed E-state index contributed by atoms with van der Waals surface area (Å²) in [4.78, 5) is 12.0. The third kappa shape index (κ3) is 3.41. The second kappa shape index (κ2) is 6.39. The van der Waals surface area contributed by atoms with Crippen LogP contribution in [0, 0.1) is 0 Å². The van der Waals surface area contributed by atoms with Gasteiger partial charge in [-0.1, -0.05) is 30.0 Å². The van der Waals surface area contributed by atoms with Crippen LogP contribution in [0.4, 0.5) is 13.2 Å². The molecule has 22 heavy (non-hydrogen) atoms. The number of thioether (sulfide) groups is 1. The Bertz CT molecular complexity index is 673. The van der Waals surface area contributed by atoms with Crippen LogP contribution in [0.25, 0.3) is 0 Å². The van der Waals surface area contributed by atoms with Gasteiger partial charge in [0, 0.05) is 7.05 Å². The number of halogens is 3. The third-order valence-corrected chi connectivity index (χ3v) is 4.12. The van der Waals surface area contributed by atoms with Crippen LogP contribution >= 0.6 is 11.8 Å². The number of methoxy groups -OCH3 is 1. The number of esters is 1. The highest BCUT2D eigenvalue weighted by molar-refractivity contribution is 8.00.